The molecule has 0 N–H and O–H groups in total. The molecule has 0 saturated heterocycles. The number of methoxy groups -OCH3 is 1. The molecule has 0 unspecified atom stereocenters. The number of nitrogens with zero attached hydrogens (tertiary/aromatic N) is 2. The monoisotopic (exact) mass is 404 g/mol. The Hall–Kier alpha value is -2.02. The van der Waals surface area contributed by atoms with Crippen LogP contribution in [0.3, 0.4) is 0 Å². The highest BCUT2D eigenvalue weighted by molar-refractivity contribution is 7.19. The third-order valence-corrected chi connectivity index (χ3v) is 5.67. The minimum Gasteiger partial charge on any atom is -0.384 e. The molecule has 2 heterocycles. The van der Waals surface area contributed by atoms with E-state index >= 15 is 0 Å². The van der Waals surface area contributed by atoms with Crippen LogP contribution in [0.5, 0.6) is 0 Å². The van der Waals surface area contributed by atoms with E-state index in [1.54, 1.807) is 11.7 Å². The highest BCUT2D eigenvalue weighted by atomic mass is 35.5. The number of fused-ring (bicyclic) bond motifs is 1. The Balaban J connectivity index is 2.23. The SMILES string of the molecule is COCCc1nc2sc(C)c(-c3ccc(Cl)cc3)c2c(=O)n1CCC(C)=O. The van der Waals surface area contributed by atoms with Crippen molar-refractivity contribution in [2.24, 2.45) is 0 Å². The van der Waals surface area contributed by atoms with Crippen LogP contribution >= 0.6 is 22.9 Å². The van der Waals surface area contributed by atoms with Crippen LogP contribution < -0.4 is 5.56 Å². The number of Topliss-reactive ketones (excluding diaryl/α,β-unsaturated/α-hetero) is 1. The molecular formula is C20H21ClN2O3S. The number of carbonyl (C=O) groups is 1. The second-order valence-electron chi connectivity index (χ2n) is 6.40. The van der Waals surface area contributed by atoms with E-state index in [0.717, 1.165) is 16.0 Å². The smallest absolute Gasteiger partial charge is 0.262 e. The first-order valence-corrected chi connectivity index (χ1v) is 9.89. The summed E-state index contributed by atoms with van der Waals surface area (Å²) in [5.41, 5.74) is 1.71. The number of carbonyl (C=O) groups excluding carboxylic acids is 1. The average molecular weight is 405 g/mol. The minimum atomic E-state index is -0.110. The standard InChI is InChI=1S/C20H21ClN2O3S/c1-12(24)8-10-23-16(9-11-26-3)22-19-18(20(23)25)17(13(2)27-19)14-4-6-15(21)7-5-14/h4-7H,8-11H2,1-3H3. The van der Waals surface area contributed by atoms with Crippen LogP contribution in [0.15, 0.2) is 29.1 Å². The Morgan fingerprint density at radius 1 is 1.30 bits per heavy atom. The van der Waals surface area contributed by atoms with Crippen molar-refractivity contribution in [3.63, 3.8) is 0 Å². The number of benzene rings is 1. The second kappa shape index (κ2) is 8.33. The molecule has 0 aliphatic rings. The first kappa shape index (κ1) is 19.7. The van der Waals surface area contributed by atoms with Gasteiger partial charge in [0.2, 0.25) is 0 Å². The van der Waals surface area contributed by atoms with Crippen LogP contribution in [0.25, 0.3) is 21.3 Å². The van der Waals surface area contributed by atoms with Gasteiger partial charge in [0.15, 0.2) is 0 Å². The summed E-state index contributed by atoms with van der Waals surface area (Å²) in [5, 5.41) is 1.25. The summed E-state index contributed by atoms with van der Waals surface area (Å²) < 4.78 is 6.78. The fourth-order valence-electron chi connectivity index (χ4n) is 3.09. The molecule has 27 heavy (non-hydrogen) atoms. The summed E-state index contributed by atoms with van der Waals surface area (Å²) >= 11 is 7.52. The number of ketones is 1. The number of aromatic nitrogens is 2. The van der Waals surface area contributed by atoms with Crippen LogP contribution in [0.1, 0.15) is 24.0 Å². The van der Waals surface area contributed by atoms with Gasteiger partial charge in [-0.15, -0.1) is 11.3 Å². The topological polar surface area (TPSA) is 61.2 Å². The first-order valence-electron chi connectivity index (χ1n) is 8.69. The molecule has 3 rings (SSSR count). The highest BCUT2D eigenvalue weighted by Gasteiger charge is 2.19. The number of aryl methyl sites for hydroxylation is 1. The Morgan fingerprint density at radius 3 is 2.63 bits per heavy atom. The van der Waals surface area contributed by atoms with Crippen LogP contribution in [-0.4, -0.2) is 29.1 Å². The molecule has 0 aliphatic heterocycles. The van der Waals surface area contributed by atoms with Gasteiger partial charge in [-0.1, -0.05) is 23.7 Å². The van der Waals surface area contributed by atoms with Crippen molar-refractivity contribution in [3.8, 4) is 11.1 Å². The zero-order valence-corrected chi connectivity index (χ0v) is 17.1. The van der Waals surface area contributed by atoms with E-state index < -0.39 is 0 Å². The van der Waals surface area contributed by atoms with Gasteiger partial charge in [-0.25, -0.2) is 4.98 Å². The van der Waals surface area contributed by atoms with E-state index in [4.69, 9.17) is 21.3 Å². The van der Waals surface area contributed by atoms with Crippen LogP contribution in [0.2, 0.25) is 5.02 Å². The third-order valence-electron chi connectivity index (χ3n) is 4.42. The molecule has 0 amide bonds. The minimum absolute atomic E-state index is 0.0408. The maximum Gasteiger partial charge on any atom is 0.262 e. The summed E-state index contributed by atoms with van der Waals surface area (Å²) in [6, 6.07) is 7.45. The van der Waals surface area contributed by atoms with E-state index in [-0.39, 0.29) is 11.3 Å². The third kappa shape index (κ3) is 4.13. The van der Waals surface area contributed by atoms with Crippen molar-refractivity contribution >= 4 is 38.9 Å². The lowest BCUT2D eigenvalue weighted by molar-refractivity contribution is -0.117. The van der Waals surface area contributed by atoms with Gasteiger partial charge in [-0.3, -0.25) is 14.2 Å². The molecule has 142 valence electrons. The Labute approximate surface area is 166 Å². The summed E-state index contributed by atoms with van der Waals surface area (Å²) in [6.07, 6.45) is 0.819. The number of rotatable bonds is 7. The molecule has 0 spiro atoms. The Morgan fingerprint density at radius 2 is 2.00 bits per heavy atom. The zero-order valence-electron chi connectivity index (χ0n) is 15.5. The lowest BCUT2D eigenvalue weighted by Crippen LogP contribution is -2.27. The van der Waals surface area contributed by atoms with E-state index in [2.05, 4.69) is 0 Å². The summed E-state index contributed by atoms with van der Waals surface area (Å²) in [7, 11) is 1.62. The van der Waals surface area contributed by atoms with Gasteiger partial charge in [-0.05, 0) is 31.5 Å². The van der Waals surface area contributed by atoms with Crippen molar-refractivity contribution in [3.05, 3.63) is 50.3 Å². The molecule has 3 aromatic rings. The highest BCUT2D eigenvalue weighted by Crippen LogP contribution is 2.36. The molecule has 0 fully saturated rings. The van der Waals surface area contributed by atoms with Crippen LogP contribution in [-0.2, 0) is 22.5 Å². The van der Waals surface area contributed by atoms with Gasteiger partial charge < -0.3 is 4.74 Å². The van der Waals surface area contributed by atoms with Crippen molar-refractivity contribution in [2.75, 3.05) is 13.7 Å². The quantitative estimate of drug-likeness (QED) is 0.590. The molecule has 2 aromatic heterocycles. The van der Waals surface area contributed by atoms with Crippen LogP contribution in [0, 0.1) is 6.92 Å². The number of halogens is 1. The number of thiophene rings is 1. The molecule has 0 saturated carbocycles. The van der Waals surface area contributed by atoms with Gasteiger partial charge in [0.1, 0.15) is 16.4 Å². The summed E-state index contributed by atoms with van der Waals surface area (Å²) in [6.45, 7) is 4.31. The molecule has 0 radical (unpaired) electrons. The number of hydrogen-bond acceptors (Lipinski definition) is 5. The zero-order chi connectivity index (χ0) is 19.6. The lowest BCUT2D eigenvalue weighted by atomic mass is 10.0. The maximum atomic E-state index is 13.4. The Bertz CT molecular complexity index is 1040. The van der Waals surface area contributed by atoms with Crippen molar-refractivity contribution in [2.45, 2.75) is 33.2 Å². The predicted octanol–water partition coefficient (Wildman–Crippen LogP) is 4.25. The summed E-state index contributed by atoms with van der Waals surface area (Å²) in [4.78, 5) is 31.3. The average Bonchev–Trinajstić information content (AvgIpc) is 2.96. The normalized spacial score (nSPS) is 11.3. The van der Waals surface area contributed by atoms with Gasteiger partial charge in [-0.2, -0.15) is 0 Å². The fraction of sp³-hybridized carbons (Fsp3) is 0.350. The van der Waals surface area contributed by atoms with E-state index in [9.17, 15) is 9.59 Å². The van der Waals surface area contributed by atoms with E-state index in [0.29, 0.717) is 47.1 Å². The molecule has 7 heteroatoms. The lowest BCUT2D eigenvalue weighted by Gasteiger charge is -2.12. The first-order chi connectivity index (χ1) is 12.9. The van der Waals surface area contributed by atoms with Crippen molar-refractivity contribution in [1.82, 2.24) is 9.55 Å². The predicted molar refractivity (Wildman–Crippen MR) is 110 cm³/mol. The molecule has 0 aliphatic carbocycles. The molecule has 1 aromatic carbocycles. The fourth-order valence-corrected chi connectivity index (χ4v) is 4.27. The second-order valence-corrected chi connectivity index (χ2v) is 8.04. The van der Waals surface area contributed by atoms with Crippen LogP contribution in [0.4, 0.5) is 0 Å². The van der Waals surface area contributed by atoms with Gasteiger partial charge >= 0.3 is 0 Å². The van der Waals surface area contributed by atoms with Crippen molar-refractivity contribution < 1.29 is 9.53 Å². The summed E-state index contributed by atoms with van der Waals surface area (Å²) in [5.74, 6) is 0.693. The number of hydrogen-bond donors (Lipinski definition) is 0. The van der Waals surface area contributed by atoms with Gasteiger partial charge in [0, 0.05) is 42.0 Å². The largest absolute Gasteiger partial charge is 0.384 e. The van der Waals surface area contributed by atoms with Gasteiger partial charge in [0.05, 0.1) is 12.0 Å². The molecule has 0 atom stereocenters. The molecule has 5 nitrogen and oxygen atoms in total. The van der Waals surface area contributed by atoms with Crippen molar-refractivity contribution in [1.29, 1.82) is 0 Å². The van der Waals surface area contributed by atoms with Gasteiger partial charge in [0.25, 0.3) is 5.56 Å². The van der Waals surface area contributed by atoms with E-state index in [1.807, 2.05) is 31.2 Å². The number of ether oxygens (including phenoxy) is 1. The van der Waals surface area contributed by atoms with E-state index in [1.165, 1.54) is 18.3 Å². The maximum absolute atomic E-state index is 13.4. The molecular weight excluding hydrogens is 384 g/mol. The Kier molecular flexibility index (Phi) is 6.09. The molecule has 0 bridgehead atoms.